The molecule has 2 aromatic carbocycles. The molecule has 0 aromatic heterocycles. The van der Waals surface area contributed by atoms with Crippen molar-refractivity contribution < 1.29 is 26.7 Å². The van der Waals surface area contributed by atoms with Crippen molar-refractivity contribution >= 4 is 21.6 Å². The highest BCUT2D eigenvalue weighted by atomic mass is 32.2. The second-order valence-electron chi connectivity index (χ2n) is 5.73. The van der Waals surface area contributed by atoms with Crippen LogP contribution in [0.5, 0.6) is 5.75 Å². The number of hydrogen-bond donors (Lipinski definition) is 1. The van der Waals surface area contributed by atoms with Crippen LogP contribution in [0.3, 0.4) is 0 Å². The number of ether oxygens (including phenoxy) is 1. The number of carbonyl (C=O) groups excluding carboxylic acids is 1. The van der Waals surface area contributed by atoms with Crippen molar-refractivity contribution in [2.24, 2.45) is 0 Å². The molecule has 0 heterocycles. The number of aryl methyl sites for hydroxylation is 1. The Kier molecular flexibility index (Phi) is 6.50. The van der Waals surface area contributed by atoms with Gasteiger partial charge < -0.3 is 10.1 Å². The minimum atomic E-state index is -4.19. The minimum absolute atomic E-state index is 0.0302. The number of benzene rings is 2. The zero-order valence-corrected chi connectivity index (χ0v) is 15.9. The molecule has 0 aliphatic heterocycles. The van der Waals surface area contributed by atoms with Crippen molar-refractivity contribution in [3.63, 3.8) is 0 Å². The number of methoxy groups -OCH3 is 1. The minimum Gasteiger partial charge on any atom is -0.495 e. The average Bonchev–Trinajstić information content (AvgIpc) is 2.62. The van der Waals surface area contributed by atoms with E-state index in [1.165, 1.54) is 25.3 Å². The van der Waals surface area contributed by atoms with E-state index in [-0.39, 0.29) is 22.9 Å². The molecule has 0 fully saturated rings. The van der Waals surface area contributed by atoms with Gasteiger partial charge in [-0.25, -0.2) is 17.2 Å². The molecule has 2 aromatic rings. The number of hydrogen-bond acceptors (Lipinski definition) is 4. The maximum Gasteiger partial charge on any atom is 0.247 e. The highest BCUT2D eigenvalue weighted by molar-refractivity contribution is 7.89. The van der Waals surface area contributed by atoms with Gasteiger partial charge in [-0.3, -0.25) is 4.79 Å². The molecule has 0 aliphatic carbocycles. The summed E-state index contributed by atoms with van der Waals surface area (Å²) in [4.78, 5) is 11.9. The first-order valence-electron chi connectivity index (χ1n) is 8.08. The van der Waals surface area contributed by atoms with Gasteiger partial charge in [0.1, 0.15) is 22.3 Å². The van der Waals surface area contributed by atoms with E-state index in [1.54, 1.807) is 13.8 Å². The van der Waals surface area contributed by atoms with Crippen LogP contribution < -0.4 is 10.1 Å². The van der Waals surface area contributed by atoms with Crippen molar-refractivity contribution in [3.05, 3.63) is 53.6 Å². The summed E-state index contributed by atoms with van der Waals surface area (Å²) >= 11 is 0. The van der Waals surface area contributed by atoms with Gasteiger partial charge in [0.15, 0.2) is 0 Å². The van der Waals surface area contributed by atoms with Crippen LogP contribution in [-0.4, -0.2) is 38.8 Å². The van der Waals surface area contributed by atoms with Crippen LogP contribution in [0.1, 0.15) is 12.5 Å². The first kappa shape index (κ1) is 20.8. The lowest BCUT2D eigenvalue weighted by Crippen LogP contribution is -2.38. The second kappa shape index (κ2) is 8.45. The van der Waals surface area contributed by atoms with Gasteiger partial charge in [0.2, 0.25) is 15.9 Å². The smallest absolute Gasteiger partial charge is 0.247 e. The summed E-state index contributed by atoms with van der Waals surface area (Å²) in [5, 5.41) is 2.49. The fourth-order valence-electron chi connectivity index (χ4n) is 2.44. The van der Waals surface area contributed by atoms with E-state index < -0.39 is 34.1 Å². The Balaban J connectivity index is 2.27. The molecule has 1 N–H and O–H groups in total. The fourth-order valence-corrected chi connectivity index (χ4v) is 4.01. The SMILES string of the molecule is CCN(CC(=O)Nc1cc(F)ccc1C)S(=O)(=O)c1cc(F)ccc1OC. The molecule has 1 amide bonds. The van der Waals surface area contributed by atoms with E-state index in [0.29, 0.717) is 5.56 Å². The average molecular weight is 398 g/mol. The van der Waals surface area contributed by atoms with Gasteiger partial charge in [-0.1, -0.05) is 13.0 Å². The maximum absolute atomic E-state index is 13.6. The largest absolute Gasteiger partial charge is 0.495 e. The number of nitrogens with zero attached hydrogens (tertiary/aromatic N) is 1. The molecule has 27 heavy (non-hydrogen) atoms. The Hall–Kier alpha value is -2.52. The van der Waals surface area contributed by atoms with Gasteiger partial charge in [-0.15, -0.1) is 0 Å². The van der Waals surface area contributed by atoms with Gasteiger partial charge in [0.05, 0.1) is 13.7 Å². The van der Waals surface area contributed by atoms with Crippen molar-refractivity contribution in [3.8, 4) is 5.75 Å². The summed E-state index contributed by atoms with van der Waals surface area (Å²) in [6, 6.07) is 7.01. The lowest BCUT2D eigenvalue weighted by molar-refractivity contribution is -0.116. The van der Waals surface area contributed by atoms with Crippen LogP contribution in [0.25, 0.3) is 0 Å². The molecule has 0 aliphatic rings. The van der Waals surface area contributed by atoms with E-state index in [4.69, 9.17) is 4.74 Å². The molecular formula is C18H20F2N2O4S. The fraction of sp³-hybridized carbons (Fsp3) is 0.278. The number of rotatable bonds is 7. The predicted octanol–water partition coefficient (Wildman–Crippen LogP) is 2.93. The summed E-state index contributed by atoms with van der Waals surface area (Å²) < 4.78 is 58.5. The molecule has 0 bridgehead atoms. The maximum atomic E-state index is 13.6. The van der Waals surface area contributed by atoms with Crippen LogP contribution in [0.15, 0.2) is 41.3 Å². The molecule has 0 radical (unpaired) electrons. The summed E-state index contributed by atoms with van der Waals surface area (Å²) in [5.74, 6) is -1.95. The van der Waals surface area contributed by atoms with Gasteiger partial charge in [0, 0.05) is 12.2 Å². The van der Waals surface area contributed by atoms with Crippen molar-refractivity contribution in [2.75, 3.05) is 25.5 Å². The molecule has 6 nitrogen and oxygen atoms in total. The first-order chi connectivity index (χ1) is 12.7. The monoisotopic (exact) mass is 398 g/mol. The zero-order valence-electron chi connectivity index (χ0n) is 15.1. The van der Waals surface area contributed by atoms with E-state index in [0.717, 1.165) is 22.5 Å². The molecular weight excluding hydrogens is 378 g/mol. The van der Waals surface area contributed by atoms with Crippen LogP contribution in [-0.2, 0) is 14.8 Å². The summed E-state index contributed by atoms with van der Waals surface area (Å²) in [7, 11) is -2.92. The molecule has 2 rings (SSSR count). The van der Waals surface area contributed by atoms with Crippen LogP contribution >= 0.6 is 0 Å². The Morgan fingerprint density at radius 1 is 1.15 bits per heavy atom. The van der Waals surface area contributed by atoms with E-state index in [1.807, 2.05) is 0 Å². The highest BCUT2D eigenvalue weighted by Crippen LogP contribution is 2.27. The van der Waals surface area contributed by atoms with Crippen LogP contribution in [0, 0.1) is 18.6 Å². The topological polar surface area (TPSA) is 75.7 Å². The number of amides is 1. The highest BCUT2D eigenvalue weighted by Gasteiger charge is 2.29. The third kappa shape index (κ3) is 4.81. The van der Waals surface area contributed by atoms with E-state index in [2.05, 4.69) is 5.32 Å². The van der Waals surface area contributed by atoms with E-state index >= 15 is 0 Å². The third-order valence-corrected chi connectivity index (χ3v) is 5.83. The molecule has 0 atom stereocenters. The van der Waals surface area contributed by atoms with Gasteiger partial charge in [0.25, 0.3) is 0 Å². The van der Waals surface area contributed by atoms with Gasteiger partial charge in [-0.05, 0) is 42.8 Å². The second-order valence-corrected chi connectivity index (χ2v) is 7.64. The molecule has 0 unspecified atom stereocenters. The van der Waals surface area contributed by atoms with Crippen molar-refractivity contribution in [1.82, 2.24) is 4.31 Å². The standard InChI is InChI=1S/C18H20F2N2O4S/c1-4-22(11-18(23)21-15-9-13(19)6-5-12(15)2)27(24,25)17-10-14(20)7-8-16(17)26-3/h5-10H,4,11H2,1-3H3,(H,21,23). The summed E-state index contributed by atoms with van der Waals surface area (Å²) in [6.45, 7) is 2.68. The van der Waals surface area contributed by atoms with Gasteiger partial charge in [-0.2, -0.15) is 4.31 Å². The molecule has 0 spiro atoms. The number of anilines is 1. The first-order valence-corrected chi connectivity index (χ1v) is 9.52. The normalized spacial score (nSPS) is 11.5. The van der Waals surface area contributed by atoms with Gasteiger partial charge >= 0.3 is 0 Å². The Morgan fingerprint density at radius 2 is 1.78 bits per heavy atom. The molecule has 9 heteroatoms. The number of carbonyl (C=O) groups is 1. The van der Waals surface area contributed by atoms with Crippen molar-refractivity contribution in [2.45, 2.75) is 18.7 Å². The van der Waals surface area contributed by atoms with Crippen LogP contribution in [0.2, 0.25) is 0 Å². The molecule has 0 saturated heterocycles. The Labute approximate surface area is 156 Å². The summed E-state index contributed by atoms with van der Waals surface area (Å²) in [6.07, 6.45) is 0. The Morgan fingerprint density at radius 3 is 2.41 bits per heavy atom. The van der Waals surface area contributed by atoms with E-state index in [9.17, 15) is 22.0 Å². The Bertz CT molecular complexity index is 948. The third-order valence-electron chi connectivity index (χ3n) is 3.89. The number of sulfonamides is 1. The lowest BCUT2D eigenvalue weighted by Gasteiger charge is -2.21. The lowest BCUT2D eigenvalue weighted by atomic mass is 10.2. The molecule has 146 valence electrons. The quantitative estimate of drug-likeness (QED) is 0.778. The molecule has 0 saturated carbocycles. The van der Waals surface area contributed by atoms with Crippen molar-refractivity contribution in [1.29, 1.82) is 0 Å². The van der Waals surface area contributed by atoms with Crippen LogP contribution in [0.4, 0.5) is 14.5 Å². The summed E-state index contributed by atoms with van der Waals surface area (Å²) in [5.41, 5.74) is 0.874. The zero-order chi connectivity index (χ0) is 20.2. The predicted molar refractivity (Wildman–Crippen MR) is 97.2 cm³/mol. The number of likely N-dealkylation sites (N-methyl/N-ethyl adjacent to an activating group) is 1. The number of nitrogens with one attached hydrogen (secondary N) is 1. The number of halogens is 2.